The molecule has 0 saturated carbocycles. The predicted molar refractivity (Wildman–Crippen MR) is 55.4 cm³/mol. The first-order valence-corrected chi connectivity index (χ1v) is 5.05. The summed E-state index contributed by atoms with van der Waals surface area (Å²) in [6, 6.07) is 0. The second-order valence-electron chi connectivity index (χ2n) is 3.41. The Balaban J connectivity index is 4.67. The van der Waals surface area contributed by atoms with E-state index in [9.17, 15) is 14.4 Å². The Morgan fingerprint density at radius 3 is 2.18 bits per heavy atom. The molecule has 7 heteroatoms. The maximum atomic E-state index is 11.1. The third-order valence-corrected chi connectivity index (χ3v) is 2.13. The van der Waals surface area contributed by atoms with Gasteiger partial charge in [-0.15, -0.1) is 0 Å². The highest BCUT2D eigenvalue weighted by Gasteiger charge is 2.31. The number of hydrogen-bond donors (Lipinski definition) is 2. The molecule has 0 radical (unpaired) electrons. The Labute approximate surface area is 98.3 Å². The molecule has 7 nitrogen and oxygen atoms in total. The summed E-state index contributed by atoms with van der Waals surface area (Å²) in [6.45, 7) is 1.24. The molecule has 0 aromatic rings. The van der Waals surface area contributed by atoms with Crippen molar-refractivity contribution in [2.24, 2.45) is 5.92 Å². The second kappa shape index (κ2) is 7.61. The van der Waals surface area contributed by atoms with Crippen LogP contribution in [0.3, 0.4) is 0 Å². The Morgan fingerprint density at radius 1 is 1.24 bits per heavy atom. The van der Waals surface area contributed by atoms with Gasteiger partial charge in [-0.2, -0.15) is 0 Å². The van der Waals surface area contributed by atoms with Crippen LogP contribution in [0.15, 0.2) is 0 Å². The number of methoxy groups -OCH3 is 1. The van der Waals surface area contributed by atoms with E-state index in [2.05, 4.69) is 4.74 Å². The highest BCUT2D eigenvalue weighted by molar-refractivity contribution is 5.76. The van der Waals surface area contributed by atoms with E-state index < -0.39 is 36.4 Å². The molecule has 0 aliphatic rings. The van der Waals surface area contributed by atoms with Crippen molar-refractivity contribution in [3.63, 3.8) is 0 Å². The minimum atomic E-state index is -1.22. The molecule has 0 bridgehead atoms. The number of ether oxygens (including phenoxy) is 2. The van der Waals surface area contributed by atoms with Crippen LogP contribution in [0.1, 0.15) is 19.8 Å². The van der Waals surface area contributed by atoms with Crippen molar-refractivity contribution in [3.8, 4) is 0 Å². The SMILES string of the molecule is CCC(C(=O)O)[C@H](CC(=O)O)OC(=O)COC. The van der Waals surface area contributed by atoms with Gasteiger partial charge in [-0.3, -0.25) is 9.59 Å². The maximum Gasteiger partial charge on any atom is 0.332 e. The first-order chi connectivity index (χ1) is 7.92. The fourth-order valence-corrected chi connectivity index (χ4v) is 1.36. The van der Waals surface area contributed by atoms with Crippen LogP contribution in [0.4, 0.5) is 0 Å². The average molecular weight is 248 g/mol. The summed E-state index contributed by atoms with van der Waals surface area (Å²) in [5.74, 6) is -4.23. The van der Waals surface area contributed by atoms with Crippen LogP contribution in [0.5, 0.6) is 0 Å². The number of hydrogen-bond acceptors (Lipinski definition) is 5. The van der Waals surface area contributed by atoms with E-state index in [0.717, 1.165) is 0 Å². The van der Waals surface area contributed by atoms with Gasteiger partial charge in [0.2, 0.25) is 0 Å². The third-order valence-electron chi connectivity index (χ3n) is 2.13. The normalized spacial score (nSPS) is 13.8. The number of carbonyl (C=O) groups excluding carboxylic acids is 1. The molecule has 98 valence electrons. The van der Waals surface area contributed by atoms with Crippen molar-refractivity contribution in [2.45, 2.75) is 25.9 Å². The minimum Gasteiger partial charge on any atom is -0.481 e. The van der Waals surface area contributed by atoms with Crippen LogP contribution >= 0.6 is 0 Å². The lowest BCUT2D eigenvalue weighted by molar-refractivity contribution is -0.164. The number of aliphatic carboxylic acids is 2. The van der Waals surface area contributed by atoms with Crippen LogP contribution in [0, 0.1) is 5.92 Å². The van der Waals surface area contributed by atoms with E-state index in [1.54, 1.807) is 6.92 Å². The summed E-state index contributed by atoms with van der Waals surface area (Å²) in [7, 11) is 1.28. The minimum absolute atomic E-state index is 0.174. The molecule has 1 unspecified atom stereocenters. The average Bonchev–Trinajstić information content (AvgIpc) is 2.16. The first kappa shape index (κ1) is 15.4. The summed E-state index contributed by atoms with van der Waals surface area (Å²) < 4.78 is 9.30. The highest BCUT2D eigenvalue weighted by Crippen LogP contribution is 2.16. The summed E-state index contributed by atoms with van der Waals surface area (Å²) in [5, 5.41) is 17.5. The van der Waals surface area contributed by atoms with Gasteiger partial charge in [0.1, 0.15) is 12.7 Å². The third kappa shape index (κ3) is 5.86. The molecule has 0 heterocycles. The largest absolute Gasteiger partial charge is 0.481 e. The van der Waals surface area contributed by atoms with Gasteiger partial charge in [-0.1, -0.05) is 6.92 Å². The summed E-state index contributed by atoms with van der Waals surface area (Å²) >= 11 is 0. The van der Waals surface area contributed by atoms with E-state index in [1.807, 2.05) is 0 Å². The van der Waals surface area contributed by atoms with Crippen LogP contribution in [0.2, 0.25) is 0 Å². The lowest BCUT2D eigenvalue weighted by Gasteiger charge is -2.21. The van der Waals surface area contributed by atoms with Crippen molar-refractivity contribution in [1.82, 2.24) is 0 Å². The number of carbonyl (C=O) groups is 3. The lowest BCUT2D eigenvalue weighted by atomic mass is 9.97. The molecule has 0 aliphatic carbocycles. The molecule has 0 fully saturated rings. The smallest absolute Gasteiger partial charge is 0.332 e. The zero-order chi connectivity index (χ0) is 13.4. The topological polar surface area (TPSA) is 110 Å². The number of esters is 1. The van der Waals surface area contributed by atoms with Crippen molar-refractivity contribution in [2.75, 3.05) is 13.7 Å². The lowest BCUT2D eigenvalue weighted by Crippen LogP contribution is -2.35. The Hall–Kier alpha value is -1.63. The summed E-state index contributed by atoms with van der Waals surface area (Å²) in [4.78, 5) is 32.6. The van der Waals surface area contributed by atoms with Gasteiger partial charge in [0.25, 0.3) is 0 Å². The molecule has 0 rings (SSSR count). The van der Waals surface area contributed by atoms with Crippen LogP contribution in [-0.2, 0) is 23.9 Å². The van der Waals surface area contributed by atoms with Crippen molar-refractivity contribution in [3.05, 3.63) is 0 Å². The fraction of sp³-hybridized carbons (Fsp3) is 0.700. The molecule has 0 aromatic heterocycles. The number of rotatable bonds is 8. The van der Waals surface area contributed by atoms with Gasteiger partial charge in [-0.25, -0.2) is 4.79 Å². The van der Waals surface area contributed by atoms with E-state index in [4.69, 9.17) is 14.9 Å². The maximum absolute atomic E-state index is 11.1. The number of carboxylic acids is 2. The van der Waals surface area contributed by atoms with Gasteiger partial charge in [-0.05, 0) is 6.42 Å². The molecule has 0 aliphatic heterocycles. The zero-order valence-electron chi connectivity index (χ0n) is 9.71. The zero-order valence-corrected chi connectivity index (χ0v) is 9.71. The molecule has 0 saturated heterocycles. The summed E-state index contributed by atoms with van der Waals surface area (Å²) in [5.41, 5.74) is 0. The molecule has 17 heavy (non-hydrogen) atoms. The first-order valence-electron chi connectivity index (χ1n) is 5.05. The van der Waals surface area contributed by atoms with Gasteiger partial charge in [0.15, 0.2) is 0 Å². The molecular weight excluding hydrogens is 232 g/mol. The predicted octanol–water partition coefficient (Wildman–Crippen LogP) is 0.130. The van der Waals surface area contributed by atoms with Crippen LogP contribution in [0.25, 0.3) is 0 Å². The van der Waals surface area contributed by atoms with Gasteiger partial charge < -0.3 is 19.7 Å². The summed E-state index contributed by atoms with van der Waals surface area (Å²) in [6.07, 6.45) is -1.55. The van der Waals surface area contributed by atoms with E-state index in [-0.39, 0.29) is 13.0 Å². The van der Waals surface area contributed by atoms with Crippen molar-refractivity contribution >= 4 is 17.9 Å². The molecule has 2 atom stereocenters. The standard InChI is InChI=1S/C10H16O7/c1-3-6(10(14)15)7(4-8(11)12)17-9(13)5-16-2/h6-7H,3-5H2,1-2H3,(H,11,12)(H,14,15)/t6?,7-/m0/s1. The molecule has 2 N–H and O–H groups in total. The second-order valence-corrected chi connectivity index (χ2v) is 3.41. The fourth-order valence-electron chi connectivity index (χ4n) is 1.36. The van der Waals surface area contributed by atoms with Gasteiger partial charge >= 0.3 is 17.9 Å². The van der Waals surface area contributed by atoms with Crippen molar-refractivity contribution < 1.29 is 34.1 Å². The molecule has 0 amide bonds. The quantitative estimate of drug-likeness (QED) is 0.587. The van der Waals surface area contributed by atoms with Crippen LogP contribution < -0.4 is 0 Å². The van der Waals surface area contributed by atoms with Gasteiger partial charge in [0.05, 0.1) is 12.3 Å². The van der Waals surface area contributed by atoms with Gasteiger partial charge in [0, 0.05) is 7.11 Å². The highest BCUT2D eigenvalue weighted by atomic mass is 16.6. The Morgan fingerprint density at radius 2 is 1.82 bits per heavy atom. The number of carboxylic acid groups (broad SMARTS) is 2. The Bertz CT molecular complexity index is 286. The molecular formula is C10H16O7. The monoisotopic (exact) mass is 248 g/mol. The van der Waals surface area contributed by atoms with E-state index in [1.165, 1.54) is 7.11 Å². The van der Waals surface area contributed by atoms with E-state index in [0.29, 0.717) is 0 Å². The van der Waals surface area contributed by atoms with Crippen molar-refractivity contribution in [1.29, 1.82) is 0 Å². The van der Waals surface area contributed by atoms with E-state index >= 15 is 0 Å². The van der Waals surface area contributed by atoms with Crippen LogP contribution in [-0.4, -0.2) is 47.9 Å². The molecule has 0 spiro atoms. The Kier molecular flexibility index (Phi) is 6.88. The molecule has 0 aromatic carbocycles.